The van der Waals surface area contributed by atoms with Gasteiger partial charge in [0.05, 0.1) is 5.69 Å². The van der Waals surface area contributed by atoms with Crippen LogP contribution in [0.4, 0.5) is 8.78 Å². The number of carbonyl (C=O) groups is 1. The van der Waals surface area contributed by atoms with E-state index in [1.165, 1.54) is 6.07 Å². The number of piperidine rings is 1. The molecule has 3 rings (SSSR count). The molecule has 0 radical (unpaired) electrons. The molecule has 148 valence electrons. The summed E-state index contributed by atoms with van der Waals surface area (Å²) in [7, 11) is 0. The standard InChI is InChI=1S/C18H20ClF2N3O2.ClH/c1-10-12(18(19)26-24-10)3-5-17(25)23-16-9-22-7-6-13(16)11-2-4-14(20)15(21)8-11;/h2,4,8,13,16,22H,3,5-7,9H2,1H3,(H,23,25);1H. The van der Waals surface area contributed by atoms with Crippen molar-refractivity contribution in [2.24, 2.45) is 0 Å². The van der Waals surface area contributed by atoms with E-state index in [-0.39, 0.29) is 41.9 Å². The Balaban J connectivity index is 0.00000261. The fraction of sp³-hybridized carbons (Fsp3) is 0.444. The van der Waals surface area contributed by atoms with Gasteiger partial charge < -0.3 is 15.2 Å². The Kier molecular flexibility index (Phi) is 7.59. The molecule has 0 saturated carbocycles. The number of nitrogens with one attached hydrogen (secondary N) is 2. The molecule has 1 aromatic carbocycles. The van der Waals surface area contributed by atoms with Crippen LogP contribution in [0.15, 0.2) is 22.7 Å². The SMILES string of the molecule is Cc1noc(Cl)c1CCC(=O)NC1CNCCC1c1ccc(F)c(F)c1.Cl. The maximum Gasteiger partial charge on any atom is 0.229 e. The van der Waals surface area contributed by atoms with Crippen LogP contribution >= 0.6 is 24.0 Å². The fourth-order valence-corrected chi connectivity index (χ4v) is 3.58. The minimum Gasteiger partial charge on any atom is -0.351 e. The minimum atomic E-state index is -0.872. The summed E-state index contributed by atoms with van der Waals surface area (Å²) in [6.45, 7) is 3.10. The molecule has 1 fully saturated rings. The van der Waals surface area contributed by atoms with Crippen LogP contribution in [-0.2, 0) is 11.2 Å². The van der Waals surface area contributed by atoms with Crippen molar-refractivity contribution in [1.29, 1.82) is 0 Å². The molecule has 1 amide bonds. The maximum absolute atomic E-state index is 13.6. The summed E-state index contributed by atoms with van der Waals surface area (Å²) in [5.41, 5.74) is 2.08. The lowest BCUT2D eigenvalue weighted by Crippen LogP contribution is -2.50. The molecule has 27 heavy (non-hydrogen) atoms. The Hall–Kier alpha value is -1.70. The van der Waals surface area contributed by atoms with E-state index in [2.05, 4.69) is 15.8 Å². The van der Waals surface area contributed by atoms with Gasteiger partial charge in [-0.05, 0) is 55.6 Å². The number of hydrogen-bond acceptors (Lipinski definition) is 4. The molecule has 5 nitrogen and oxygen atoms in total. The third-order valence-electron chi connectivity index (χ3n) is 4.74. The van der Waals surface area contributed by atoms with E-state index in [0.717, 1.165) is 24.6 Å². The van der Waals surface area contributed by atoms with Crippen LogP contribution in [0.3, 0.4) is 0 Å². The molecule has 2 N–H and O–H groups in total. The Labute approximate surface area is 167 Å². The highest BCUT2D eigenvalue weighted by Gasteiger charge is 2.28. The number of benzene rings is 1. The molecule has 0 aliphatic carbocycles. The Morgan fingerprint density at radius 3 is 2.85 bits per heavy atom. The minimum absolute atomic E-state index is 0. The second-order valence-corrected chi connectivity index (χ2v) is 6.81. The molecular weight excluding hydrogens is 399 g/mol. The van der Waals surface area contributed by atoms with Gasteiger partial charge in [0.2, 0.25) is 11.1 Å². The normalized spacial score (nSPS) is 19.4. The average molecular weight is 420 g/mol. The van der Waals surface area contributed by atoms with Crippen molar-refractivity contribution in [2.75, 3.05) is 13.1 Å². The Bertz CT molecular complexity index is 781. The number of rotatable bonds is 5. The lowest BCUT2D eigenvalue weighted by molar-refractivity contribution is -0.122. The summed E-state index contributed by atoms with van der Waals surface area (Å²) in [5.74, 6) is -1.95. The zero-order chi connectivity index (χ0) is 18.7. The highest BCUT2D eigenvalue weighted by molar-refractivity contribution is 6.29. The van der Waals surface area contributed by atoms with Crippen LogP contribution in [0, 0.1) is 18.6 Å². The molecule has 1 aliphatic heterocycles. The van der Waals surface area contributed by atoms with Gasteiger partial charge in [-0.3, -0.25) is 4.79 Å². The highest BCUT2D eigenvalue weighted by atomic mass is 35.5. The molecular formula is C18H21Cl2F2N3O2. The Morgan fingerprint density at radius 2 is 2.19 bits per heavy atom. The average Bonchev–Trinajstić information content (AvgIpc) is 2.94. The number of amides is 1. The van der Waals surface area contributed by atoms with Gasteiger partial charge in [0.15, 0.2) is 11.6 Å². The van der Waals surface area contributed by atoms with Crippen LogP contribution in [0.1, 0.15) is 35.6 Å². The lowest BCUT2D eigenvalue weighted by atomic mass is 9.86. The van der Waals surface area contributed by atoms with Crippen molar-refractivity contribution in [1.82, 2.24) is 15.8 Å². The number of halogens is 4. The zero-order valence-electron chi connectivity index (χ0n) is 14.7. The maximum atomic E-state index is 13.6. The summed E-state index contributed by atoms with van der Waals surface area (Å²) in [6, 6.07) is 3.72. The van der Waals surface area contributed by atoms with Crippen LogP contribution in [0.2, 0.25) is 5.22 Å². The van der Waals surface area contributed by atoms with Crippen molar-refractivity contribution >= 4 is 29.9 Å². The first-order valence-corrected chi connectivity index (χ1v) is 8.89. The van der Waals surface area contributed by atoms with E-state index < -0.39 is 11.6 Å². The van der Waals surface area contributed by atoms with Crippen LogP contribution in [-0.4, -0.2) is 30.2 Å². The second-order valence-electron chi connectivity index (χ2n) is 6.47. The van der Waals surface area contributed by atoms with Crippen molar-refractivity contribution in [3.8, 4) is 0 Å². The quantitative estimate of drug-likeness (QED) is 0.777. The number of hydrogen-bond donors (Lipinski definition) is 2. The number of carbonyl (C=O) groups excluding carboxylic acids is 1. The van der Waals surface area contributed by atoms with Crippen molar-refractivity contribution < 1.29 is 18.1 Å². The molecule has 1 aromatic heterocycles. The molecule has 0 bridgehead atoms. The predicted octanol–water partition coefficient (Wildman–Crippen LogP) is 3.53. The largest absolute Gasteiger partial charge is 0.351 e. The molecule has 2 atom stereocenters. The molecule has 1 aliphatic rings. The number of aromatic nitrogens is 1. The van der Waals surface area contributed by atoms with Gasteiger partial charge in [-0.1, -0.05) is 11.2 Å². The van der Waals surface area contributed by atoms with E-state index in [4.69, 9.17) is 16.1 Å². The van der Waals surface area contributed by atoms with Gasteiger partial charge >= 0.3 is 0 Å². The molecule has 2 aromatic rings. The molecule has 9 heteroatoms. The summed E-state index contributed by atoms with van der Waals surface area (Å²) >= 11 is 5.91. The van der Waals surface area contributed by atoms with Gasteiger partial charge in [-0.15, -0.1) is 12.4 Å². The highest BCUT2D eigenvalue weighted by Crippen LogP contribution is 2.27. The molecule has 2 unspecified atom stereocenters. The first-order chi connectivity index (χ1) is 12.5. The Morgan fingerprint density at radius 1 is 1.41 bits per heavy atom. The monoisotopic (exact) mass is 419 g/mol. The summed E-state index contributed by atoms with van der Waals surface area (Å²) in [6.07, 6.45) is 1.39. The van der Waals surface area contributed by atoms with Crippen LogP contribution in [0.5, 0.6) is 0 Å². The molecule has 2 heterocycles. The van der Waals surface area contributed by atoms with Crippen LogP contribution in [0.25, 0.3) is 0 Å². The second kappa shape index (κ2) is 9.48. The summed E-state index contributed by atoms with van der Waals surface area (Å²) in [5, 5.41) is 10.2. The van der Waals surface area contributed by atoms with Gasteiger partial charge in [-0.25, -0.2) is 8.78 Å². The van der Waals surface area contributed by atoms with Gasteiger partial charge in [-0.2, -0.15) is 0 Å². The van der Waals surface area contributed by atoms with E-state index in [1.54, 1.807) is 13.0 Å². The first-order valence-electron chi connectivity index (χ1n) is 8.51. The zero-order valence-corrected chi connectivity index (χ0v) is 16.3. The summed E-state index contributed by atoms with van der Waals surface area (Å²) in [4.78, 5) is 12.4. The van der Waals surface area contributed by atoms with Crippen LogP contribution < -0.4 is 10.6 Å². The van der Waals surface area contributed by atoms with Crippen molar-refractivity contribution in [3.05, 3.63) is 51.9 Å². The van der Waals surface area contributed by atoms with Crippen molar-refractivity contribution in [3.63, 3.8) is 0 Å². The predicted molar refractivity (Wildman–Crippen MR) is 100 cm³/mol. The lowest BCUT2D eigenvalue weighted by Gasteiger charge is -2.33. The van der Waals surface area contributed by atoms with E-state index in [0.29, 0.717) is 24.2 Å². The fourth-order valence-electron chi connectivity index (χ4n) is 3.31. The number of aryl methyl sites for hydroxylation is 1. The van der Waals surface area contributed by atoms with Gasteiger partial charge in [0, 0.05) is 30.5 Å². The van der Waals surface area contributed by atoms with Gasteiger partial charge in [0.25, 0.3) is 0 Å². The first kappa shape index (κ1) is 21.6. The van der Waals surface area contributed by atoms with E-state index >= 15 is 0 Å². The number of nitrogens with zero attached hydrogens (tertiary/aromatic N) is 1. The smallest absolute Gasteiger partial charge is 0.229 e. The molecule has 1 saturated heterocycles. The van der Waals surface area contributed by atoms with Gasteiger partial charge in [0.1, 0.15) is 0 Å². The molecule has 0 spiro atoms. The third kappa shape index (κ3) is 5.18. The third-order valence-corrected chi connectivity index (χ3v) is 5.04. The van der Waals surface area contributed by atoms with E-state index in [1.807, 2.05) is 0 Å². The van der Waals surface area contributed by atoms with Crippen molar-refractivity contribution in [2.45, 2.75) is 38.1 Å². The topological polar surface area (TPSA) is 67.2 Å². The summed E-state index contributed by atoms with van der Waals surface area (Å²) < 4.78 is 31.6. The van der Waals surface area contributed by atoms with E-state index in [9.17, 15) is 13.6 Å².